The number of anilines is 1. The van der Waals surface area contributed by atoms with Gasteiger partial charge in [0.2, 0.25) is 21.6 Å². The van der Waals surface area contributed by atoms with Crippen molar-refractivity contribution < 1.29 is 18.0 Å². The summed E-state index contributed by atoms with van der Waals surface area (Å²) >= 11 is 3.30. The molecule has 1 N–H and O–H groups in total. The Bertz CT molecular complexity index is 775. The number of carbonyl (C=O) groups is 2. The van der Waals surface area contributed by atoms with Crippen molar-refractivity contribution >= 4 is 43.2 Å². The van der Waals surface area contributed by atoms with Crippen LogP contribution in [0.2, 0.25) is 0 Å². The fourth-order valence-corrected chi connectivity index (χ4v) is 4.58. The number of Topliss-reactive ketones (excluding diaryl/α,β-unsaturated/α-hetero) is 2. The third kappa shape index (κ3) is 10.4. The molecule has 0 aromatic heterocycles. The highest BCUT2D eigenvalue weighted by atomic mass is 79.9. The Labute approximate surface area is 184 Å². The first-order valence-electron chi connectivity index (χ1n) is 10.5. The molecular weight excluding hydrogens is 454 g/mol. The van der Waals surface area contributed by atoms with Gasteiger partial charge >= 0.3 is 0 Å². The van der Waals surface area contributed by atoms with Crippen molar-refractivity contribution in [3.63, 3.8) is 0 Å². The summed E-state index contributed by atoms with van der Waals surface area (Å²) in [5, 5.41) is 0. The predicted molar refractivity (Wildman–Crippen MR) is 123 cm³/mol. The van der Waals surface area contributed by atoms with Crippen LogP contribution in [-0.2, 0) is 14.8 Å². The number of hydrogen-bond acceptors (Lipinski definition) is 4. The quantitative estimate of drug-likeness (QED) is 0.183. The van der Waals surface area contributed by atoms with E-state index in [0.717, 1.165) is 32.1 Å². The fourth-order valence-electron chi connectivity index (χ4n) is 3.02. The van der Waals surface area contributed by atoms with Crippen LogP contribution in [0.1, 0.15) is 88.9 Å². The summed E-state index contributed by atoms with van der Waals surface area (Å²) in [7, 11) is -3.58. The van der Waals surface area contributed by atoms with E-state index in [9.17, 15) is 18.0 Å². The first kappa shape index (κ1) is 25.8. The Morgan fingerprint density at radius 2 is 1.69 bits per heavy atom. The largest absolute Gasteiger partial charge is 0.290 e. The van der Waals surface area contributed by atoms with E-state index >= 15 is 0 Å². The molecule has 7 heteroatoms. The lowest BCUT2D eigenvalue weighted by Gasteiger charge is -2.12. The van der Waals surface area contributed by atoms with Gasteiger partial charge in [-0.05, 0) is 37.0 Å². The second-order valence-electron chi connectivity index (χ2n) is 7.92. The zero-order valence-corrected chi connectivity index (χ0v) is 20.2. The van der Waals surface area contributed by atoms with Gasteiger partial charge in [-0.15, -0.1) is 0 Å². The highest BCUT2D eigenvalue weighted by Crippen LogP contribution is 2.24. The molecule has 0 saturated carbocycles. The molecule has 0 radical (unpaired) electrons. The Balaban J connectivity index is 2.76. The lowest BCUT2D eigenvalue weighted by atomic mass is 9.99. The van der Waals surface area contributed by atoms with Crippen LogP contribution >= 0.6 is 15.9 Å². The van der Waals surface area contributed by atoms with Gasteiger partial charge in [0.1, 0.15) is 0 Å². The molecule has 164 valence electrons. The van der Waals surface area contributed by atoms with Gasteiger partial charge in [0.15, 0.2) is 0 Å². The van der Waals surface area contributed by atoms with Gasteiger partial charge in [-0.25, -0.2) is 8.42 Å². The van der Waals surface area contributed by atoms with Gasteiger partial charge in [-0.1, -0.05) is 75.2 Å². The van der Waals surface area contributed by atoms with Crippen LogP contribution in [0.5, 0.6) is 0 Å². The molecule has 0 bridgehead atoms. The second kappa shape index (κ2) is 13.2. The molecule has 1 rings (SSSR count). The van der Waals surface area contributed by atoms with Crippen molar-refractivity contribution in [1.29, 1.82) is 0 Å². The van der Waals surface area contributed by atoms with Crippen molar-refractivity contribution in [2.45, 2.75) is 78.6 Å². The van der Waals surface area contributed by atoms with Gasteiger partial charge in [0.05, 0.1) is 17.0 Å². The van der Waals surface area contributed by atoms with Gasteiger partial charge < -0.3 is 0 Å². The molecule has 1 aromatic carbocycles. The molecule has 0 amide bonds. The molecule has 0 spiro atoms. The van der Waals surface area contributed by atoms with Crippen molar-refractivity contribution in [3.8, 4) is 0 Å². The molecule has 0 unspecified atom stereocenters. The molecule has 0 aliphatic carbocycles. The van der Waals surface area contributed by atoms with Crippen LogP contribution in [0, 0.1) is 5.92 Å². The number of ketones is 2. The van der Waals surface area contributed by atoms with Crippen molar-refractivity contribution in [1.82, 2.24) is 0 Å². The van der Waals surface area contributed by atoms with E-state index in [2.05, 4.69) is 41.4 Å². The van der Waals surface area contributed by atoms with Gasteiger partial charge in [0.25, 0.3) is 0 Å². The number of halogens is 1. The molecule has 1 aromatic rings. The normalized spacial score (nSPS) is 11.6. The van der Waals surface area contributed by atoms with E-state index in [0.29, 0.717) is 23.2 Å². The minimum absolute atomic E-state index is 0.00511. The summed E-state index contributed by atoms with van der Waals surface area (Å²) in [6.45, 7) is 6.27. The highest BCUT2D eigenvalue weighted by Gasteiger charge is 2.22. The molecule has 0 atom stereocenters. The summed E-state index contributed by atoms with van der Waals surface area (Å²) in [6, 6.07) is 4.69. The third-order valence-corrected chi connectivity index (χ3v) is 6.55. The minimum atomic E-state index is -3.58. The first-order chi connectivity index (χ1) is 13.7. The molecule has 0 aliphatic heterocycles. The Hall–Kier alpha value is -1.21. The lowest BCUT2D eigenvalue weighted by Crippen LogP contribution is -2.21. The van der Waals surface area contributed by atoms with E-state index in [-0.39, 0.29) is 23.4 Å². The summed E-state index contributed by atoms with van der Waals surface area (Å²) < 4.78 is 28.0. The minimum Gasteiger partial charge on any atom is -0.290 e. The average molecular weight is 488 g/mol. The van der Waals surface area contributed by atoms with Crippen LogP contribution in [0.25, 0.3) is 0 Å². The van der Waals surface area contributed by atoms with Crippen LogP contribution in [0.4, 0.5) is 5.69 Å². The Kier molecular flexibility index (Phi) is 11.7. The molecule has 0 heterocycles. The van der Waals surface area contributed by atoms with Gasteiger partial charge in [-0.2, -0.15) is 0 Å². The standard InChI is InChI=1S/C22H34BrNO4S/c1-4-5-6-7-8-9-15-29(27,28)24-20-14-13-18(23)16-19(20)22(26)21(25)12-10-11-17(2)3/h13-14,16-17,24H,4-12,15H2,1-3H3. The molecule has 0 fully saturated rings. The number of nitrogens with one attached hydrogen (secondary N) is 1. The fraction of sp³-hybridized carbons (Fsp3) is 0.636. The highest BCUT2D eigenvalue weighted by molar-refractivity contribution is 9.10. The maximum Gasteiger partial charge on any atom is 0.232 e. The third-order valence-electron chi connectivity index (χ3n) is 4.70. The monoisotopic (exact) mass is 487 g/mol. The number of carbonyl (C=O) groups excluding carboxylic acids is 2. The van der Waals surface area contributed by atoms with Gasteiger partial charge in [-0.3, -0.25) is 14.3 Å². The molecule has 0 saturated heterocycles. The van der Waals surface area contributed by atoms with Crippen LogP contribution in [0.3, 0.4) is 0 Å². The number of sulfonamides is 1. The average Bonchev–Trinajstić information content (AvgIpc) is 2.64. The van der Waals surface area contributed by atoms with Crippen molar-refractivity contribution in [2.75, 3.05) is 10.5 Å². The van der Waals surface area contributed by atoms with E-state index in [1.54, 1.807) is 6.07 Å². The van der Waals surface area contributed by atoms with Crippen LogP contribution < -0.4 is 4.72 Å². The molecule has 0 aliphatic rings. The molecular formula is C22H34BrNO4S. The van der Waals surface area contributed by atoms with Crippen LogP contribution in [0.15, 0.2) is 22.7 Å². The summed E-state index contributed by atoms with van der Waals surface area (Å²) in [5.74, 6) is -0.661. The number of hydrogen-bond donors (Lipinski definition) is 1. The van der Waals surface area contributed by atoms with E-state index in [1.807, 2.05) is 0 Å². The van der Waals surface area contributed by atoms with Crippen molar-refractivity contribution in [2.24, 2.45) is 5.92 Å². The zero-order valence-electron chi connectivity index (χ0n) is 17.8. The van der Waals surface area contributed by atoms with E-state index in [4.69, 9.17) is 0 Å². The SMILES string of the molecule is CCCCCCCCS(=O)(=O)Nc1ccc(Br)cc1C(=O)C(=O)CCCC(C)C. The Morgan fingerprint density at radius 3 is 2.34 bits per heavy atom. The topological polar surface area (TPSA) is 80.3 Å². The first-order valence-corrected chi connectivity index (χ1v) is 13.0. The number of rotatable bonds is 15. The molecule has 5 nitrogen and oxygen atoms in total. The maximum absolute atomic E-state index is 12.6. The lowest BCUT2D eigenvalue weighted by molar-refractivity contribution is -0.115. The second-order valence-corrected chi connectivity index (χ2v) is 10.7. The maximum atomic E-state index is 12.6. The summed E-state index contributed by atoms with van der Waals surface area (Å²) in [5.41, 5.74) is 0.266. The van der Waals surface area contributed by atoms with Crippen LogP contribution in [-0.4, -0.2) is 25.7 Å². The molecule has 29 heavy (non-hydrogen) atoms. The Morgan fingerprint density at radius 1 is 1.03 bits per heavy atom. The number of unbranched alkanes of at least 4 members (excludes halogenated alkanes) is 5. The smallest absolute Gasteiger partial charge is 0.232 e. The number of benzene rings is 1. The predicted octanol–water partition coefficient (Wildman–Crippen LogP) is 6.13. The van der Waals surface area contributed by atoms with Crippen molar-refractivity contribution in [3.05, 3.63) is 28.2 Å². The summed E-state index contributed by atoms with van der Waals surface area (Å²) in [4.78, 5) is 24.9. The zero-order chi connectivity index (χ0) is 21.9. The summed E-state index contributed by atoms with van der Waals surface area (Å²) in [6.07, 6.45) is 7.59. The van der Waals surface area contributed by atoms with E-state index < -0.39 is 21.6 Å². The van der Waals surface area contributed by atoms with E-state index in [1.165, 1.54) is 18.6 Å². The van der Waals surface area contributed by atoms with Gasteiger partial charge in [0, 0.05) is 10.9 Å².